The molecule has 0 radical (unpaired) electrons. The van der Waals surface area contributed by atoms with Gasteiger partial charge in [-0.25, -0.2) is 0 Å². The summed E-state index contributed by atoms with van der Waals surface area (Å²) in [5.74, 6) is 5.08. The van der Waals surface area contributed by atoms with Crippen molar-refractivity contribution in [2.45, 2.75) is 26.3 Å². The van der Waals surface area contributed by atoms with Gasteiger partial charge in [0.25, 0.3) is 5.91 Å². The third kappa shape index (κ3) is 4.68. The molecule has 20 heavy (non-hydrogen) atoms. The summed E-state index contributed by atoms with van der Waals surface area (Å²) in [5.41, 5.74) is 5.95. The zero-order valence-electron chi connectivity index (χ0n) is 11.7. The van der Waals surface area contributed by atoms with Crippen LogP contribution in [0.25, 0.3) is 0 Å². The molecule has 5 nitrogen and oxygen atoms in total. The maximum absolute atomic E-state index is 12.1. The fourth-order valence-corrected chi connectivity index (χ4v) is 2.21. The first-order valence-corrected chi connectivity index (χ1v) is 7.33. The van der Waals surface area contributed by atoms with Gasteiger partial charge in [-0.15, -0.1) is 11.3 Å². The normalized spacial score (nSPS) is 11.2. The van der Waals surface area contributed by atoms with E-state index in [0.717, 1.165) is 6.42 Å². The smallest absolute Gasteiger partial charge is 0.263 e. The molecule has 6 heteroatoms. The van der Waals surface area contributed by atoms with E-state index in [4.69, 9.17) is 5.73 Å². The fraction of sp³-hybridized carbons (Fsp3) is 0.429. The van der Waals surface area contributed by atoms with Crippen LogP contribution < -0.4 is 16.4 Å². The summed E-state index contributed by atoms with van der Waals surface area (Å²) < 4.78 is 0. The predicted molar refractivity (Wildman–Crippen MR) is 80.5 cm³/mol. The lowest BCUT2D eigenvalue weighted by Crippen LogP contribution is -2.44. The largest absolute Gasteiger partial charge is 0.354 e. The van der Waals surface area contributed by atoms with Crippen LogP contribution in [0.4, 0.5) is 0 Å². The average molecular weight is 293 g/mol. The molecule has 0 bridgehead atoms. The number of carbonyl (C=O) groups is 2. The lowest BCUT2D eigenvalue weighted by molar-refractivity contribution is -0.122. The maximum atomic E-state index is 12.1. The Morgan fingerprint density at radius 1 is 1.50 bits per heavy atom. The van der Waals surface area contributed by atoms with E-state index in [0.29, 0.717) is 17.0 Å². The van der Waals surface area contributed by atoms with Crippen LogP contribution in [-0.4, -0.2) is 30.9 Å². The molecule has 0 aliphatic heterocycles. The van der Waals surface area contributed by atoms with Gasteiger partial charge in [-0.2, -0.15) is 0 Å². The van der Waals surface area contributed by atoms with Crippen molar-refractivity contribution in [3.63, 3.8) is 0 Å². The Morgan fingerprint density at radius 2 is 2.25 bits per heavy atom. The number of nitrogens with two attached hydrogens (primary N) is 1. The Balaban J connectivity index is 2.67. The molecule has 0 aliphatic rings. The van der Waals surface area contributed by atoms with Crippen LogP contribution in [0.5, 0.6) is 0 Å². The van der Waals surface area contributed by atoms with Gasteiger partial charge in [-0.05, 0) is 24.8 Å². The third-order valence-electron chi connectivity index (χ3n) is 2.49. The molecule has 1 atom stereocenters. The summed E-state index contributed by atoms with van der Waals surface area (Å²) in [7, 11) is 0. The second kappa shape index (κ2) is 8.35. The number of thiophene rings is 1. The molecule has 1 aromatic rings. The minimum absolute atomic E-state index is 0.189. The summed E-state index contributed by atoms with van der Waals surface area (Å²) in [4.78, 5) is 24.3. The lowest BCUT2D eigenvalue weighted by Gasteiger charge is -2.13. The van der Waals surface area contributed by atoms with Crippen molar-refractivity contribution in [2.75, 3.05) is 13.1 Å². The van der Waals surface area contributed by atoms with Gasteiger partial charge in [0.15, 0.2) is 0 Å². The molecule has 0 aromatic carbocycles. The molecule has 1 heterocycles. The molecule has 4 N–H and O–H groups in total. The molecule has 1 aromatic heterocycles. The molecule has 0 aliphatic carbocycles. The molecule has 108 valence electrons. The number of hydrogen-bond donors (Lipinski definition) is 3. The van der Waals surface area contributed by atoms with E-state index in [1.165, 1.54) is 11.3 Å². The van der Waals surface area contributed by atoms with E-state index in [1.807, 2.05) is 6.92 Å². The number of amides is 2. The minimum atomic E-state index is -0.577. The van der Waals surface area contributed by atoms with Gasteiger partial charge in [0.2, 0.25) is 5.91 Å². The van der Waals surface area contributed by atoms with Gasteiger partial charge in [0.1, 0.15) is 10.9 Å². The van der Waals surface area contributed by atoms with Crippen LogP contribution in [0.3, 0.4) is 0 Å². The average Bonchev–Trinajstić information content (AvgIpc) is 2.90. The van der Waals surface area contributed by atoms with Gasteiger partial charge < -0.3 is 16.4 Å². The summed E-state index contributed by atoms with van der Waals surface area (Å²) in [6.45, 7) is 4.47. The van der Waals surface area contributed by atoms with Crippen LogP contribution >= 0.6 is 11.3 Å². The highest BCUT2D eigenvalue weighted by molar-refractivity contribution is 7.12. The Kier molecular flexibility index (Phi) is 6.77. The van der Waals surface area contributed by atoms with Crippen LogP contribution in [0.15, 0.2) is 11.4 Å². The van der Waals surface area contributed by atoms with Gasteiger partial charge in [-0.1, -0.05) is 18.8 Å². The van der Waals surface area contributed by atoms with Gasteiger partial charge in [0.05, 0.1) is 6.54 Å². The van der Waals surface area contributed by atoms with E-state index in [-0.39, 0.29) is 18.4 Å². The van der Waals surface area contributed by atoms with E-state index in [2.05, 4.69) is 22.5 Å². The molecule has 0 spiro atoms. The Bertz CT molecular complexity index is 528. The van der Waals surface area contributed by atoms with Crippen LogP contribution in [0, 0.1) is 11.8 Å². The first-order chi connectivity index (χ1) is 9.60. The van der Waals surface area contributed by atoms with E-state index >= 15 is 0 Å². The van der Waals surface area contributed by atoms with E-state index in [9.17, 15) is 9.59 Å². The van der Waals surface area contributed by atoms with Crippen LogP contribution in [0.2, 0.25) is 0 Å². The summed E-state index contributed by atoms with van der Waals surface area (Å²) in [6, 6.07) is 1.19. The van der Waals surface area contributed by atoms with Crippen molar-refractivity contribution < 1.29 is 9.59 Å². The van der Waals surface area contributed by atoms with Crippen molar-refractivity contribution in [1.82, 2.24) is 10.6 Å². The van der Waals surface area contributed by atoms with Crippen molar-refractivity contribution in [1.29, 1.82) is 0 Å². The van der Waals surface area contributed by atoms with Gasteiger partial charge in [-0.3, -0.25) is 9.59 Å². The van der Waals surface area contributed by atoms with E-state index < -0.39 is 6.04 Å². The second-order valence-corrected chi connectivity index (χ2v) is 5.07. The molecule has 0 saturated carbocycles. The summed E-state index contributed by atoms with van der Waals surface area (Å²) in [6.07, 6.45) is 0.857. The molecule has 0 fully saturated rings. The van der Waals surface area contributed by atoms with Crippen LogP contribution in [-0.2, 0) is 4.79 Å². The van der Waals surface area contributed by atoms with E-state index in [1.54, 1.807) is 18.4 Å². The summed E-state index contributed by atoms with van der Waals surface area (Å²) >= 11 is 1.29. The van der Waals surface area contributed by atoms with Crippen LogP contribution in [0.1, 0.15) is 35.5 Å². The number of hydrogen-bond acceptors (Lipinski definition) is 4. The SMILES string of the molecule is CCCNC(=O)C(C)NC(=O)c1sccc1C#CCN. The number of carbonyl (C=O) groups excluding carboxylic acids is 2. The molecule has 2 amide bonds. The molecular formula is C14H19N3O2S. The summed E-state index contributed by atoms with van der Waals surface area (Å²) in [5, 5.41) is 7.19. The molecule has 1 unspecified atom stereocenters. The molecule has 0 saturated heterocycles. The maximum Gasteiger partial charge on any atom is 0.263 e. The standard InChI is InChI=1S/C14H19N3O2S/c1-3-8-16-13(18)10(2)17-14(19)12-11(5-4-7-15)6-9-20-12/h6,9-10H,3,7-8,15H2,1-2H3,(H,16,18)(H,17,19). The zero-order chi connectivity index (χ0) is 15.0. The second-order valence-electron chi connectivity index (χ2n) is 4.16. The highest BCUT2D eigenvalue weighted by atomic mass is 32.1. The number of rotatable bonds is 5. The zero-order valence-corrected chi connectivity index (χ0v) is 12.5. The highest BCUT2D eigenvalue weighted by Gasteiger charge is 2.18. The topological polar surface area (TPSA) is 84.2 Å². The quantitative estimate of drug-likeness (QED) is 0.699. The van der Waals surface area contributed by atoms with Crippen molar-refractivity contribution in [3.05, 3.63) is 21.9 Å². The monoisotopic (exact) mass is 293 g/mol. The van der Waals surface area contributed by atoms with Crippen molar-refractivity contribution in [2.24, 2.45) is 5.73 Å². The van der Waals surface area contributed by atoms with Gasteiger partial charge >= 0.3 is 0 Å². The molecule has 1 rings (SSSR count). The Hall–Kier alpha value is -1.84. The Morgan fingerprint density at radius 3 is 2.90 bits per heavy atom. The lowest BCUT2D eigenvalue weighted by atomic mass is 10.2. The first kappa shape index (κ1) is 16.2. The third-order valence-corrected chi connectivity index (χ3v) is 3.40. The molecular weight excluding hydrogens is 274 g/mol. The highest BCUT2D eigenvalue weighted by Crippen LogP contribution is 2.15. The van der Waals surface area contributed by atoms with Crippen molar-refractivity contribution in [3.8, 4) is 11.8 Å². The first-order valence-electron chi connectivity index (χ1n) is 6.45. The minimum Gasteiger partial charge on any atom is -0.354 e. The van der Waals surface area contributed by atoms with Crippen molar-refractivity contribution >= 4 is 23.2 Å². The van der Waals surface area contributed by atoms with Gasteiger partial charge in [0, 0.05) is 12.1 Å². The Labute approximate surface area is 122 Å². The fourth-order valence-electron chi connectivity index (χ4n) is 1.46. The predicted octanol–water partition coefficient (Wildman–Crippen LogP) is 0.703. The number of nitrogens with one attached hydrogen (secondary N) is 2.